The minimum atomic E-state index is -0.0810. The molecule has 0 unspecified atom stereocenters. The van der Waals surface area contributed by atoms with E-state index in [1.54, 1.807) is 13.0 Å². The molecule has 0 aromatic heterocycles. The smallest absolute Gasteiger partial charge is 0.179 e. The van der Waals surface area contributed by atoms with Crippen LogP contribution >= 0.6 is 11.6 Å². The van der Waals surface area contributed by atoms with Crippen molar-refractivity contribution in [3.8, 4) is 0 Å². The van der Waals surface area contributed by atoms with Crippen molar-refractivity contribution in [3.63, 3.8) is 0 Å². The Labute approximate surface area is 53.6 Å². The summed E-state index contributed by atoms with van der Waals surface area (Å²) in [6.45, 7) is 1.78. The molecule has 8 heavy (non-hydrogen) atoms. The molecule has 0 spiro atoms. The summed E-state index contributed by atoms with van der Waals surface area (Å²) in [4.78, 5) is 10.4. The molecule has 44 valence electrons. The highest BCUT2D eigenvalue weighted by Crippen LogP contribution is 1.82. The highest BCUT2D eigenvalue weighted by Gasteiger charge is 1.81. The lowest BCUT2D eigenvalue weighted by Crippen LogP contribution is -1.81. The molecule has 0 rings (SSSR count). The van der Waals surface area contributed by atoms with Crippen LogP contribution in [0.25, 0.3) is 0 Å². The van der Waals surface area contributed by atoms with Gasteiger partial charge >= 0.3 is 0 Å². The van der Waals surface area contributed by atoms with Crippen LogP contribution in [0.5, 0.6) is 0 Å². The number of carbonyl (C=O) groups excluding carboxylic acids is 1. The summed E-state index contributed by atoms with van der Waals surface area (Å²) in [5.74, 6) is -0.0810. The zero-order chi connectivity index (χ0) is 6.41. The Morgan fingerprint density at radius 1 is 1.50 bits per heavy atom. The molecule has 0 atom stereocenters. The van der Waals surface area contributed by atoms with Crippen molar-refractivity contribution in [2.75, 3.05) is 0 Å². The van der Waals surface area contributed by atoms with E-state index < -0.39 is 0 Å². The SMILES string of the molecule is C/C=C/C(=O)/C=C/Cl. The second kappa shape index (κ2) is 4.60. The Morgan fingerprint density at radius 3 is 2.50 bits per heavy atom. The molecule has 0 heterocycles. The first-order chi connectivity index (χ1) is 3.81. The van der Waals surface area contributed by atoms with Crippen LogP contribution in [-0.2, 0) is 4.79 Å². The molecule has 0 amide bonds. The minimum absolute atomic E-state index is 0.0810. The van der Waals surface area contributed by atoms with Crippen molar-refractivity contribution >= 4 is 17.4 Å². The molecule has 0 aliphatic rings. The van der Waals surface area contributed by atoms with E-state index in [2.05, 4.69) is 0 Å². The highest BCUT2D eigenvalue weighted by molar-refractivity contribution is 6.27. The van der Waals surface area contributed by atoms with Gasteiger partial charge in [0.05, 0.1) is 0 Å². The van der Waals surface area contributed by atoms with E-state index in [4.69, 9.17) is 11.6 Å². The first-order valence-corrected chi connectivity index (χ1v) is 2.68. The van der Waals surface area contributed by atoms with Crippen LogP contribution in [0, 0.1) is 0 Å². The summed E-state index contributed by atoms with van der Waals surface area (Å²) in [6, 6.07) is 0. The summed E-state index contributed by atoms with van der Waals surface area (Å²) in [6.07, 6.45) is 4.40. The third-order valence-corrected chi connectivity index (χ3v) is 0.684. The number of carbonyl (C=O) groups is 1. The van der Waals surface area contributed by atoms with Crippen LogP contribution < -0.4 is 0 Å². The number of rotatable bonds is 2. The van der Waals surface area contributed by atoms with Gasteiger partial charge in [-0.3, -0.25) is 4.79 Å². The summed E-state index contributed by atoms with van der Waals surface area (Å²) < 4.78 is 0. The zero-order valence-corrected chi connectivity index (χ0v) is 5.35. The Hall–Kier alpha value is -0.560. The zero-order valence-electron chi connectivity index (χ0n) is 4.60. The first kappa shape index (κ1) is 7.44. The number of halogens is 1. The molecule has 0 radical (unpaired) electrons. The molecule has 0 fully saturated rings. The van der Waals surface area contributed by atoms with Crippen LogP contribution in [0.1, 0.15) is 6.92 Å². The average Bonchev–Trinajstić information content (AvgIpc) is 1.68. The fourth-order valence-electron chi connectivity index (χ4n) is 0.282. The molecular weight excluding hydrogens is 124 g/mol. The third-order valence-electron chi connectivity index (χ3n) is 0.558. The van der Waals surface area contributed by atoms with E-state index in [0.29, 0.717) is 0 Å². The number of hydrogen-bond donors (Lipinski definition) is 0. The largest absolute Gasteiger partial charge is 0.290 e. The maximum absolute atomic E-state index is 10.4. The van der Waals surface area contributed by atoms with Gasteiger partial charge in [-0.25, -0.2) is 0 Å². The van der Waals surface area contributed by atoms with Gasteiger partial charge in [0.25, 0.3) is 0 Å². The van der Waals surface area contributed by atoms with Gasteiger partial charge in [0.2, 0.25) is 0 Å². The predicted molar refractivity (Wildman–Crippen MR) is 34.8 cm³/mol. The number of ketones is 1. The van der Waals surface area contributed by atoms with Crippen LogP contribution in [0.4, 0.5) is 0 Å². The van der Waals surface area contributed by atoms with Crippen LogP contribution in [-0.4, -0.2) is 5.78 Å². The van der Waals surface area contributed by atoms with Crippen molar-refractivity contribution in [1.82, 2.24) is 0 Å². The summed E-state index contributed by atoms with van der Waals surface area (Å²) >= 11 is 5.10. The lowest BCUT2D eigenvalue weighted by molar-refractivity contribution is -0.110. The van der Waals surface area contributed by atoms with E-state index in [0.717, 1.165) is 0 Å². The van der Waals surface area contributed by atoms with Gasteiger partial charge in [0.1, 0.15) is 0 Å². The normalized spacial score (nSPS) is 11.2. The predicted octanol–water partition coefficient (Wildman–Crippen LogP) is 1.88. The quantitative estimate of drug-likeness (QED) is 0.522. The third kappa shape index (κ3) is 3.62. The monoisotopic (exact) mass is 130 g/mol. The maximum atomic E-state index is 10.4. The van der Waals surface area contributed by atoms with Crippen molar-refractivity contribution in [2.24, 2.45) is 0 Å². The maximum Gasteiger partial charge on any atom is 0.179 e. The molecule has 0 bridgehead atoms. The van der Waals surface area contributed by atoms with Crippen molar-refractivity contribution < 1.29 is 4.79 Å². The molecular formula is C6H7ClO. The Morgan fingerprint density at radius 2 is 2.12 bits per heavy atom. The molecule has 0 N–H and O–H groups in total. The van der Waals surface area contributed by atoms with E-state index in [1.165, 1.54) is 17.7 Å². The fourth-order valence-corrected chi connectivity index (χ4v) is 0.406. The molecule has 0 aromatic rings. The summed E-state index contributed by atoms with van der Waals surface area (Å²) in [7, 11) is 0. The van der Waals surface area contributed by atoms with Gasteiger partial charge in [0.15, 0.2) is 5.78 Å². The Kier molecular flexibility index (Phi) is 4.27. The van der Waals surface area contributed by atoms with Crippen molar-refractivity contribution in [2.45, 2.75) is 6.92 Å². The van der Waals surface area contributed by atoms with Gasteiger partial charge < -0.3 is 0 Å². The summed E-state index contributed by atoms with van der Waals surface area (Å²) in [5, 5.41) is 0. The number of hydrogen-bond acceptors (Lipinski definition) is 1. The van der Waals surface area contributed by atoms with Gasteiger partial charge in [-0.1, -0.05) is 17.7 Å². The van der Waals surface area contributed by atoms with Gasteiger partial charge in [-0.15, -0.1) is 0 Å². The molecule has 2 heteroatoms. The molecule has 0 aliphatic carbocycles. The second-order valence-electron chi connectivity index (χ2n) is 1.20. The van der Waals surface area contributed by atoms with Crippen molar-refractivity contribution in [1.29, 1.82) is 0 Å². The van der Waals surface area contributed by atoms with E-state index in [9.17, 15) is 4.79 Å². The van der Waals surface area contributed by atoms with Crippen LogP contribution in [0.2, 0.25) is 0 Å². The molecule has 0 saturated heterocycles. The molecule has 0 aliphatic heterocycles. The van der Waals surface area contributed by atoms with E-state index in [1.807, 2.05) is 0 Å². The van der Waals surface area contributed by atoms with Gasteiger partial charge in [-0.2, -0.15) is 0 Å². The standard InChI is InChI=1S/C6H7ClO/c1-2-3-6(8)4-5-7/h2-5H,1H3/b3-2+,5-4+. The lowest BCUT2D eigenvalue weighted by Gasteiger charge is -1.74. The molecule has 0 saturated carbocycles. The minimum Gasteiger partial charge on any atom is -0.290 e. The first-order valence-electron chi connectivity index (χ1n) is 2.24. The lowest BCUT2D eigenvalue weighted by atomic mass is 10.3. The molecule has 0 aromatic carbocycles. The second-order valence-corrected chi connectivity index (χ2v) is 1.45. The topological polar surface area (TPSA) is 17.1 Å². The van der Waals surface area contributed by atoms with Gasteiger partial charge in [-0.05, 0) is 19.1 Å². The van der Waals surface area contributed by atoms with Crippen LogP contribution in [0.15, 0.2) is 23.8 Å². The van der Waals surface area contributed by atoms with E-state index in [-0.39, 0.29) is 5.78 Å². The Bertz CT molecular complexity index is 110. The van der Waals surface area contributed by atoms with Crippen LogP contribution in [0.3, 0.4) is 0 Å². The average molecular weight is 131 g/mol. The fraction of sp³-hybridized carbons (Fsp3) is 0.167. The Balaban J connectivity index is 3.66. The highest BCUT2D eigenvalue weighted by atomic mass is 35.5. The van der Waals surface area contributed by atoms with E-state index >= 15 is 0 Å². The van der Waals surface area contributed by atoms with Crippen molar-refractivity contribution in [3.05, 3.63) is 23.8 Å². The number of allylic oxidation sites excluding steroid dienone is 3. The van der Waals surface area contributed by atoms with Gasteiger partial charge in [0, 0.05) is 5.54 Å². The summed E-state index contributed by atoms with van der Waals surface area (Å²) in [5.41, 5.74) is 1.20. The molecule has 1 nitrogen and oxygen atoms in total.